The molecule has 1 aromatic rings. The van der Waals surface area contributed by atoms with Gasteiger partial charge in [-0.3, -0.25) is 9.59 Å². The maximum atomic E-state index is 11.9. The van der Waals surface area contributed by atoms with Crippen molar-refractivity contribution in [3.8, 4) is 0 Å². The minimum absolute atomic E-state index is 0.150. The van der Waals surface area contributed by atoms with E-state index in [0.717, 1.165) is 12.1 Å². The average molecular weight is 363 g/mol. The predicted octanol–water partition coefficient (Wildman–Crippen LogP) is 2.45. The summed E-state index contributed by atoms with van der Waals surface area (Å²) in [6.45, 7) is 2.10. The average Bonchev–Trinajstić information content (AvgIpc) is 2.62. The van der Waals surface area contributed by atoms with Crippen LogP contribution in [0.25, 0.3) is 0 Å². The molecule has 0 radical (unpaired) electrons. The van der Waals surface area contributed by atoms with Gasteiger partial charge in [-0.25, -0.2) is 0 Å². The summed E-state index contributed by atoms with van der Waals surface area (Å²) in [4.78, 5) is 23.0. The standard InChI is InChI=1S/C18H25N3O3S/c1-12-5-3-4-6-15(12)21-18(25)20-14-9-7-13(8-10-14)17(23)19-11-16(22)24-2/h7-10,12,15H,3-6,11H2,1-2H3,(H,19,23)(H2,20,21,25)/t12-,15-/m0/s1. The van der Waals surface area contributed by atoms with E-state index in [1.165, 1.54) is 26.4 Å². The van der Waals surface area contributed by atoms with Gasteiger partial charge in [0.15, 0.2) is 5.11 Å². The van der Waals surface area contributed by atoms with Crippen LogP contribution in [0.15, 0.2) is 24.3 Å². The summed E-state index contributed by atoms with van der Waals surface area (Å²) in [6.07, 6.45) is 4.90. The van der Waals surface area contributed by atoms with Crippen LogP contribution in [0.3, 0.4) is 0 Å². The van der Waals surface area contributed by atoms with E-state index in [4.69, 9.17) is 12.2 Å². The van der Waals surface area contributed by atoms with Crippen LogP contribution in [0, 0.1) is 5.92 Å². The van der Waals surface area contributed by atoms with Crippen molar-refractivity contribution in [2.24, 2.45) is 5.92 Å². The first kappa shape index (κ1) is 19.2. The van der Waals surface area contributed by atoms with Crippen molar-refractivity contribution in [2.45, 2.75) is 38.6 Å². The van der Waals surface area contributed by atoms with E-state index in [0.29, 0.717) is 22.6 Å². The molecule has 0 bridgehead atoms. The highest BCUT2D eigenvalue weighted by atomic mass is 32.1. The molecule has 1 amide bonds. The monoisotopic (exact) mass is 363 g/mol. The molecule has 3 N–H and O–H groups in total. The van der Waals surface area contributed by atoms with Crippen LogP contribution in [-0.2, 0) is 9.53 Å². The number of carbonyl (C=O) groups excluding carboxylic acids is 2. The zero-order chi connectivity index (χ0) is 18.2. The number of amides is 1. The summed E-state index contributed by atoms with van der Waals surface area (Å²) in [5.41, 5.74) is 1.28. The van der Waals surface area contributed by atoms with Crippen molar-refractivity contribution < 1.29 is 14.3 Å². The van der Waals surface area contributed by atoms with Crippen molar-refractivity contribution in [3.05, 3.63) is 29.8 Å². The zero-order valence-electron chi connectivity index (χ0n) is 14.6. The molecular weight excluding hydrogens is 338 g/mol. The number of anilines is 1. The van der Waals surface area contributed by atoms with E-state index < -0.39 is 5.97 Å². The number of hydrogen-bond acceptors (Lipinski definition) is 4. The third kappa shape index (κ3) is 6.01. The molecule has 25 heavy (non-hydrogen) atoms. The van der Waals surface area contributed by atoms with Crippen molar-refractivity contribution in [1.82, 2.24) is 10.6 Å². The second kappa shape index (κ2) is 9.36. The van der Waals surface area contributed by atoms with Crippen molar-refractivity contribution in [2.75, 3.05) is 19.0 Å². The number of thiocarbonyl (C=S) groups is 1. The lowest BCUT2D eigenvalue weighted by atomic mass is 9.86. The van der Waals surface area contributed by atoms with Crippen LogP contribution in [0.4, 0.5) is 5.69 Å². The lowest BCUT2D eigenvalue weighted by Gasteiger charge is -2.30. The Balaban J connectivity index is 1.83. The Morgan fingerprint density at radius 2 is 1.88 bits per heavy atom. The number of rotatable bonds is 5. The Labute approximate surface area is 153 Å². The van der Waals surface area contributed by atoms with Gasteiger partial charge in [-0.2, -0.15) is 0 Å². The minimum atomic E-state index is -0.486. The summed E-state index contributed by atoms with van der Waals surface area (Å²) >= 11 is 5.38. The number of esters is 1. The SMILES string of the molecule is COC(=O)CNC(=O)c1ccc(NC(=S)N[C@H]2CCCC[C@@H]2C)cc1. The smallest absolute Gasteiger partial charge is 0.325 e. The Morgan fingerprint density at radius 1 is 1.20 bits per heavy atom. The van der Waals surface area contributed by atoms with Gasteiger partial charge in [0.05, 0.1) is 7.11 Å². The molecule has 2 atom stereocenters. The Morgan fingerprint density at radius 3 is 2.52 bits per heavy atom. The highest BCUT2D eigenvalue weighted by Crippen LogP contribution is 2.23. The Bertz CT molecular complexity index is 618. The van der Waals surface area contributed by atoms with Gasteiger partial charge in [0.25, 0.3) is 5.91 Å². The quantitative estimate of drug-likeness (QED) is 0.551. The van der Waals surface area contributed by atoms with Crippen LogP contribution >= 0.6 is 12.2 Å². The molecule has 0 saturated heterocycles. The highest BCUT2D eigenvalue weighted by Gasteiger charge is 2.21. The third-order valence-corrected chi connectivity index (χ3v) is 4.67. The van der Waals surface area contributed by atoms with Gasteiger partial charge in [-0.1, -0.05) is 19.8 Å². The molecule has 1 aliphatic carbocycles. The lowest BCUT2D eigenvalue weighted by Crippen LogP contribution is -2.43. The summed E-state index contributed by atoms with van der Waals surface area (Å²) in [5.74, 6) is -0.192. The van der Waals surface area contributed by atoms with Gasteiger partial charge in [0, 0.05) is 17.3 Å². The summed E-state index contributed by atoms with van der Waals surface area (Å²) in [7, 11) is 1.28. The van der Waals surface area contributed by atoms with E-state index in [9.17, 15) is 9.59 Å². The molecule has 6 nitrogen and oxygen atoms in total. The van der Waals surface area contributed by atoms with Crippen molar-refractivity contribution in [1.29, 1.82) is 0 Å². The van der Waals surface area contributed by atoms with Crippen molar-refractivity contribution >= 4 is 34.9 Å². The van der Waals surface area contributed by atoms with E-state index in [-0.39, 0.29) is 12.5 Å². The Hall–Kier alpha value is -2.15. The molecule has 0 unspecified atom stereocenters. The maximum absolute atomic E-state index is 11.9. The molecule has 1 saturated carbocycles. The highest BCUT2D eigenvalue weighted by molar-refractivity contribution is 7.80. The molecular formula is C18H25N3O3S. The summed E-state index contributed by atoms with van der Waals surface area (Å²) < 4.78 is 4.48. The number of nitrogens with one attached hydrogen (secondary N) is 3. The van der Waals surface area contributed by atoms with E-state index in [1.54, 1.807) is 24.3 Å². The maximum Gasteiger partial charge on any atom is 0.325 e. The number of methoxy groups -OCH3 is 1. The van der Waals surface area contributed by atoms with E-state index in [2.05, 4.69) is 27.6 Å². The van der Waals surface area contributed by atoms with Crippen LogP contribution < -0.4 is 16.0 Å². The molecule has 7 heteroatoms. The molecule has 0 aromatic heterocycles. The van der Waals surface area contributed by atoms with Gasteiger partial charge < -0.3 is 20.7 Å². The van der Waals surface area contributed by atoms with Crippen molar-refractivity contribution in [3.63, 3.8) is 0 Å². The number of ether oxygens (including phenoxy) is 1. The first-order valence-corrected chi connectivity index (χ1v) is 8.93. The van der Waals surface area contributed by atoms with Gasteiger partial charge >= 0.3 is 5.97 Å². The summed E-state index contributed by atoms with van der Waals surface area (Å²) in [5, 5.41) is 9.63. The fourth-order valence-electron chi connectivity index (χ4n) is 2.90. The van der Waals surface area contributed by atoms with Crippen LogP contribution in [-0.4, -0.2) is 36.7 Å². The molecule has 1 fully saturated rings. The van der Waals surface area contributed by atoms with E-state index in [1.807, 2.05) is 0 Å². The molecule has 0 aliphatic heterocycles. The van der Waals surface area contributed by atoms with Gasteiger partial charge in [-0.15, -0.1) is 0 Å². The first-order valence-electron chi connectivity index (χ1n) is 8.52. The topological polar surface area (TPSA) is 79.5 Å². The second-order valence-electron chi connectivity index (χ2n) is 6.30. The molecule has 0 spiro atoms. The fraction of sp³-hybridized carbons (Fsp3) is 0.500. The van der Waals surface area contributed by atoms with Crippen LogP contribution in [0.2, 0.25) is 0 Å². The minimum Gasteiger partial charge on any atom is -0.468 e. The second-order valence-corrected chi connectivity index (χ2v) is 6.71. The third-order valence-electron chi connectivity index (χ3n) is 4.45. The Kier molecular flexibility index (Phi) is 7.18. The van der Waals surface area contributed by atoms with Gasteiger partial charge in [0.1, 0.15) is 6.54 Å². The molecule has 0 heterocycles. The largest absolute Gasteiger partial charge is 0.468 e. The van der Waals surface area contributed by atoms with E-state index >= 15 is 0 Å². The molecule has 136 valence electrons. The zero-order valence-corrected chi connectivity index (χ0v) is 15.4. The van der Waals surface area contributed by atoms with Crippen LogP contribution in [0.1, 0.15) is 43.0 Å². The fourth-order valence-corrected chi connectivity index (χ4v) is 3.17. The molecule has 1 aliphatic rings. The first-order chi connectivity index (χ1) is 12.0. The van der Waals surface area contributed by atoms with Crippen LogP contribution in [0.5, 0.6) is 0 Å². The van der Waals surface area contributed by atoms with Gasteiger partial charge in [-0.05, 0) is 55.2 Å². The molecule has 1 aromatic carbocycles. The normalized spacial score (nSPS) is 19.6. The summed E-state index contributed by atoms with van der Waals surface area (Å²) in [6, 6.07) is 7.34. The molecule has 2 rings (SSSR count). The number of carbonyl (C=O) groups is 2. The number of benzene rings is 1. The predicted molar refractivity (Wildman–Crippen MR) is 102 cm³/mol. The van der Waals surface area contributed by atoms with Gasteiger partial charge in [0.2, 0.25) is 0 Å². The lowest BCUT2D eigenvalue weighted by molar-refractivity contribution is -0.139. The number of hydrogen-bond donors (Lipinski definition) is 3.